The highest BCUT2D eigenvalue weighted by Gasteiger charge is 1.91. The summed E-state index contributed by atoms with van der Waals surface area (Å²) in [6.45, 7) is 0. The van der Waals surface area contributed by atoms with Crippen molar-refractivity contribution in [2.24, 2.45) is 0 Å². The molecule has 0 radical (unpaired) electrons. The van der Waals surface area contributed by atoms with Gasteiger partial charge < -0.3 is 5.73 Å². The second kappa shape index (κ2) is 3.06. The summed E-state index contributed by atoms with van der Waals surface area (Å²) in [5.74, 6) is 0. The maximum Gasteiger partial charge on any atom is 0.0354 e. The molecule has 1 nitrogen and oxygen atoms in total. The number of alkyl halides is 1. The molecule has 0 heterocycles. The van der Waals surface area contributed by atoms with Crippen molar-refractivity contribution >= 4 is 28.3 Å². The molecule has 2 heteroatoms. The van der Waals surface area contributed by atoms with Gasteiger partial charge in [-0.3, -0.25) is 0 Å². The average Bonchev–Trinajstić information content (AvgIpc) is 1.89. The Morgan fingerprint density at radius 1 is 1.33 bits per heavy atom. The Morgan fingerprint density at radius 3 is 2.44 bits per heavy atom. The van der Waals surface area contributed by atoms with Gasteiger partial charge in [-0.25, -0.2) is 0 Å². The van der Waals surface area contributed by atoms with E-state index >= 15 is 0 Å². The largest absolute Gasteiger partial charge is 0.398 e. The Morgan fingerprint density at radius 2 is 2.00 bits per heavy atom. The minimum absolute atomic E-state index is 0.895. The molecule has 0 atom stereocenters. The Hall–Kier alpha value is -0.250. The number of hydrogen-bond donors (Lipinski definition) is 1. The summed E-state index contributed by atoms with van der Waals surface area (Å²) in [5, 5.41) is 0. The normalized spacial score (nSPS) is 9.44. The Balaban J connectivity index is 3.01. The van der Waals surface area contributed by atoms with Crippen molar-refractivity contribution < 1.29 is 0 Å². The lowest BCUT2D eigenvalue weighted by Crippen LogP contribution is -1.89. The van der Waals surface area contributed by atoms with E-state index in [0.717, 1.165) is 10.1 Å². The van der Waals surface area contributed by atoms with Gasteiger partial charge in [-0.05, 0) is 11.6 Å². The zero-order chi connectivity index (χ0) is 6.69. The second-order valence-electron chi connectivity index (χ2n) is 1.83. The van der Waals surface area contributed by atoms with Gasteiger partial charge in [0.05, 0.1) is 0 Å². The predicted octanol–water partition coefficient (Wildman–Crippen LogP) is 2.20. The number of hydrogen-bond acceptors (Lipinski definition) is 1. The van der Waals surface area contributed by atoms with Gasteiger partial charge in [-0.1, -0.05) is 40.8 Å². The quantitative estimate of drug-likeness (QED) is 0.449. The molecule has 0 aromatic heterocycles. The first-order valence-electron chi connectivity index (χ1n) is 2.74. The Labute approximate surface area is 68.4 Å². The molecular weight excluding hydrogens is 225 g/mol. The van der Waals surface area contributed by atoms with Crippen LogP contribution in [0.2, 0.25) is 0 Å². The summed E-state index contributed by atoms with van der Waals surface area (Å²) in [6, 6.07) is 7.92. The first-order valence-corrected chi connectivity index (χ1v) is 4.26. The highest BCUT2D eigenvalue weighted by molar-refractivity contribution is 14.1. The molecule has 0 aliphatic heterocycles. The maximum atomic E-state index is 5.63. The molecule has 2 N–H and O–H groups in total. The lowest BCUT2D eigenvalue weighted by atomic mass is 10.2. The lowest BCUT2D eigenvalue weighted by molar-refractivity contribution is 1.46. The summed E-state index contributed by atoms with van der Waals surface area (Å²) < 4.78 is 0.991. The predicted molar refractivity (Wildman–Crippen MR) is 48.6 cm³/mol. The molecule has 0 saturated carbocycles. The summed E-state index contributed by atoms with van der Waals surface area (Å²) in [6.07, 6.45) is 0. The van der Waals surface area contributed by atoms with Gasteiger partial charge in [0.2, 0.25) is 0 Å². The maximum absolute atomic E-state index is 5.63. The van der Waals surface area contributed by atoms with Crippen LogP contribution in [0.15, 0.2) is 24.3 Å². The van der Waals surface area contributed by atoms with Gasteiger partial charge >= 0.3 is 0 Å². The molecule has 9 heavy (non-hydrogen) atoms. The number of nitrogen functional groups attached to an aromatic ring is 1. The average molecular weight is 233 g/mol. The zero-order valence-electron chi connectivity index (χ0n) is 4.97. The van der Waals surface area contributed by atoms with Crippen molar-refractivity contribution in [3.05, 3.63) is 29.8 Å². The number of para-hydroxylation sites is 1. The number of benzene rings is 1. The van der Waals surface area contributed by atoms with Crippen molar-refractivity contribution in [1.29, 1.82) is 0 Å². The summed E-state index contributed by atoms with van der Waals surface area (Å²) in [5.41, 5.74) is 7.74. The summed E-state index contributed by atoms with van der Waals surface area (Å²) in [4.78, 5) is 0. The van der Waals surface area contributed by atoms with Crippen LogP contribution in [0.5, 0.6) is 0 Å². The standard InChI is InChI=1S/C7H8IN/c8-5-6-3-1-2-4-7(6)9/h1-4H,5,9H2. The van der Waals surface area contributed by atoms with Crippen LogP contribution in [0.3, 0.4) is 0 Å². The minimum Gasteiger partial charge on any atom is -0.398 e. The molecule has 0 spiro atoms. The molecule has 1 rings (SSSR count). The van der Waals surface area contributed by atoms with E-state index in [2.05, 4.69) is 22.6 Å². The Kier molecular flexibility index (Phi) is 2.33. The smallest absolute Gasteiger partial charge is 0.0354 e. The van der Waals surface area contributed by atoms with Gasteiger partial charge in [0.25, 0.3) is 0 Å². The van der Waals surface area contributed by atoms with Crippen LogP contribution >= 0.6 is 22.6 Å². The van der Waals surface area contributed by atoms with Crippen LogP contribution in [0.25, 0.3) is 0 Å². The van der Waals surface area contributed by atoms with E-state index in [1.807, 2.05) is 24.3 Å². The van der Waals surface area contributed by atoms with Gasteiger partial charge in [-0.15, -0.1) is 0 Å². The number of halogens is 1. The fourth-order valence-electron chi connectivity index (χ4n) is 0.656. The minimum atomic E-state index is 0.895. The van der Waals surface area contributed by atoms with Crippen LogP contribution in [-0.2, 0) is 4.43 Å². The van der Waals surface area contributed by atoms with E-state index in [1.165, 1.54) is 5.56 Å². The van der Waals surface area contributed by atoms with Crippen molar-refractivity contribution in [2.45, 2.75) is 4.43 Å². The number of rotatable bonds is 1. The van der Waals surface area contributed by atoms with Gasteiger partial charge in [0, 0.05) is 10.1 Å². The monoisotopic (exact) mass is 233 g/mol. The van der Waals surface area contributed by atoms with Gasteiger partial charge in [0.1, 0.15) is 0 Å². The third-order valence-electron chi connectivity index (χ3n) is 1.20. The molecule has 0 amide bonds. The van der Waals surface area contributed by atoms with Crippen molar-refractivity contribution in [2.75, 3.05) is 5.73 Å². The highest BCUT2D eigenvalue weighted by Crippen LogP contribution is 2.13. The number of anilines is 1. The zero-order valence-corrected chi connectivity index (χ0v) is 7.13. The topological polar surface area (TPSA) is 26.0 Å². The summed E-state index contributed by atoms with van der Waals surface area (Å²) in [7, 11) is 0. The van der Waals surface area contributed by atoms with Crippen molar-refractivity contribution in [3.8, 4) is 0 Å². The van der Waals surface area contributed by atoms with Crippen LogP contribution < -0.4 is 5.73 Å². The molecule has 0 unspecified atom stereocenters. The third-order valence-corrected chi connectivity index (χ3v) is 2.02. The summed E-state index contributed by atoms with van der Waals surface area (Å²) >= 11 is 2.30. The van der Waals surface area contributed by atoms with Gasteiger partial charge in [-0.2, -0.15) is 0 Å². The molecule has 0 saturated heterocycles. The molecule has 0 bridgehead atoms. The van der Waals surface area contributed by atoms with Crippen LogP contribution in [0, 0.1) is 0 Å². The lowest BCUT2D eigenvalue weighted by Gasteiger charge is -1.97. The van der Waals surface area contributed by atoms with Crippen molar-refractivity contribution in [1.82, 2.24) is 0 Å². The fourth-order valence-corrected chi connectivity index (χ4v) is 1.35. The van der Waals surface area contributed by atoms with E-state index in [4.69, 9.17) is 5.73 Å². The molecule has 0 fully saturated rings. The Bertz CT molecular complexity index is 198. The van der Waals surface area contributed by atoms with E-state index in [9.17, 15) is 0 Å². The number of nitrogens with two attached hydrogens (primary N) is 1. The third kappa shape index (κ3) is 1.58. The van der Waals surface area contributed by atoms with Crippen LogP contribution in [0.1, 0.15) is 5.56 Å². The second-order valence-corrected chi connectivity index (χ2v) is 2.60. The van der Waals surface area contributed by atoms with Crippen LogP contribution in [0.4, 0.5) is 5.69 Å². The van der Waals surface area contributed by atoms with Crippen molar-refractivity contribution in [3.63, 3.8) is 0 Å². The molecule has 48 valence electrons. The van der Waals surface area contributed by atoms with E-state index < -0.39 is 0 Å². The molecule has 0 aliphatic rings. The molecule has 1 aromatic carbocycles. The highest BCUT2D eigenvalue weighted by atomic mass is 127. The van der Waals surface area contributed by atoms with Crippen LogP contribution in [-0.4, -0.2) is 0 Å². The van der Waals surface area contributed by atoms with E-state index in [-0.39, 0.29) is 0 Å². The fraction of sp³-hybridized carbons (Fsp3) is 0.143. The van der Waals surface area contributed by atoms with E-state index in [0.29, 0.717) is 0 Å². The molecule has 1 aromatic rings. The molecular formula is C7H8IN. The van der Waals surface area contributed by atoms with E-state index in [1.54, 1.807) is 0 Å². The SMILES string of the molecule is Nc1ccccc1CI. The first kappa shape index (κ1) is 6.86. The first-order chi connectivity index (χ1) is 4.34. The molecule has 0 aliphatic carbocycles. The van der Waals surface area contributed by atoms with Gasteiger partial charge in [0.15, 0.2) is 0 Å².